The van der Waals surface area contributed by atoms with E-state index in [1.54, 1.807) is 24.3 Å². The van der Waals surface area contributed by atoms with Crippen LogP contribution in [0.2, 0.25) is 0 Å². The zero-order valence-corrected chi connectivity index (χ0v) is 16.3. The Bertz CT molecular complexity index is 970. The van der Waals surface area contributed by atoms with Crippen LogP contribution in [-0.2, 0) is 16.1 Å². The minimum Gasteiger partial charge on any atom is -0.484 e. The molecule has 3 rings (SSSR count). The van der Waals surface area contributed by atoms with Crippen LogP contribution in [0.1, 0.15) is 15.9 Å². The van der Waals surface area contributed by atoms with Gasteiger partial charge < -0.3 is 14.8 Å². The normalized spacial score (nSPS) is 10.4. The summed E-state index contributed by atoms with van der Waals surface area (Å²) in [6.45, 7) is 0.289. The third kappa shape index (κ3) is 5.08. The lowest BCUT2D eigenvalue weighted by atomic mass is 10.1. The van der Waals surface area contributed by atoms with Crippen LogP contribution < -0.4 is 10.1 Å². The number of benzene rings is 3. The molecule has 3 aromatic carbocycles. The first-order chi connectivity index (χ1) is 13.0. The quantitative estimate of drug-likeness (QED) is 0.601. The van der Waals surface area contributed by atoms with E-state index in [2.05, 4.69) is 26.0 Å². The van der Waals surface area contributed by atoms with Gasteiger partial charge in [-0.05, 0) is 52.7 Å². The summed E-state index contributed by atoms with van der Waals surface area (Å²) in [6, 6.07) is 18.6. The molecule has 0 bridgehead atoms. The minimum atomic E-state index is -0.387. The molecule has 0 aliphatic carbocycles. The van der Waals surface area contributed by atoms with Crippen LogP contribution in [0.5, 0.6) is 5.75 Å². The molecule has 0 saturated carbocycles. The molecule has 3 aromatic rings. The van der Waals surface area contributed by atoms with Crippen molar-refractivity contribution in [1.29, 1.82) is 0 Å². The smallest absolute Gasteiger partial charge is 0.337 e. The third-order valence-electron chi connectivity index (χ3n) is 4.01. The van der Waals surface area contributed by atoms with Crippen molar-refractivity contribution in [3.8, 4) is 5.75 Å². The average Bonchev–Trinajstić information content (AvgIpc) is 2.70. The number of hydrogen-bond donors (Lipinski definition) is 1. The fourth-order valence-electron chi connectivity index (χ4n) is 2.56. The Kier molecular flexibility index (Phi) is 6.08. The Morgan fingerprint density at radius 1 is 0.963 bits per heavy atom. The van der Waals surface area contributed by atoms with E-state index in [1.165, 1.54) is 7.11 Å². The van der Waals surface area contributed by atoms with Gasteiger partial charge in [-0.2, -0.15) is 0 Å². The predicted octanol–water partition coefficient (Wildman–Crippen LogP) is 4.08. The largest absolute Gasteiger partial charge is 0.484 e. The van der Waals surface area contributed by atoms with E-state index >= 15 is 0 Å². The monoisotopic (exact) mass is 427 g/mol. The van der Waals surface area contributed by atoms with Crippen LogP contribution in [0.4, 0.5) is 0 Å². The molecule has 1 N–H and O–H groups in total. The lowest BCUT2D eigenvalue weighted by Gasteiger charge is -2.09. The molecular weight excluding hydrogens is 410 g/mol. The lowest BCUT2D eigenvalue weighted by molar-refractivity contribution is -0.123. The Hall–Kier alpha value is -2.86. The van der Waals surface area contributed by atoms with Gasteiger partial charge in [0.25, 0.3) is 5.91 Å². The van der Waals surface area contributed by atoms with Gasteiger partial charge in [-0.25, -0.2) is 4.79 Å². The van der Waals surface area contributed by atoms with Crippen LogP contribution in [0.15, 0.2) is 65.1 Å². The topological polar surface area (TPSA) is 64.6 Å². The van der Waals surface area contributed by atoms with E-state index in [4.69, 9.17) is 4.74 Å². The second-order valence-electron chi connectivity index (χ2n) is 5.91. The molecule has 0 heterocycles. The van der Waals surface area contributed by atoms with Crippen molar-refractivity contribution in [3.63, 3.8) is 0 Å². The van der Waals surface area contributed by atoms with Gasteiger partial charge >= 0.3 is 5.97 Å². The second kappa shape index (κ2) is 8.68. The fourth-order valence-corrected chi connectivity index (χ4v) is 2.94. The lowest BCUT2D eigenvalue weighted by Crippen LogP contribution is -2.28. The first kappa shape index (κ1) is 18.9. The van der Waals surface area contributed by atoms with Crippen molar-refractivity contribution in [2.75, 3.05) is 13.7 Å². The summed E-state index contributed by atoms with van der Waals surface area (Å²) < 4.78 is 11.2. The SMILES string of the molecule is COC(=O)c1ccc(CNC(=O)COc2ccc3cc(Br)ccc3c2)cc1. The standard InChI is InChI=1S/C21H18BrNO4/c1-26-21(25)15-4-2-14(3-5-15)12-23-20(24)13-27-19-9-7-16-10-18(22)8-6-17(16)11-19/h2-11H,12-13H2,1H3,(H,23,24). The summed E-state index contributed by atoms with van der Waals surface area (Å²) in [6.07, 6.45) is 0. The molecule has 138 valence electrons. The van der Waals surface area contributed by atoms with Crippen LogP contribution >= 0.6 is 15.9 Å². The number of hydrogen-bond acceptors (Lipinski definition) is 4. The molecule has 0 fully saturated rings. The highest BCUT2D eigenvalue weighted by molar-refractivity contribution is 9.10. The number of nitrogens with one attached hydrogen (secondary N) is 1. The summed E-state index contributed by atoms with van der Waals surface area (Å²) in [5, 5.41) is 4.93. The number of fused-ring (bicyclic) bond motifs is 1. The number of halogens is 1. The number of amides is 1. The summed E-state index contributed by atoms with van der Waals surface area (Å²) >= 11 is 3.44. The molecular formula is C21H18BrNO4. The van der Waals surface area contributed by atoms with Gasteiger partial charge in [0.05, 0.1) is 12.7 Å². The van der Waals surface area contributed by atoms with Crippen molar-refractivity contribution in [3.05, 3.63) is 76.3 Å². The molecule has 0 saturated heterocycles. The number of carbonyl (C=O) groups is 2. The Balaban J connectivity index is 1.51. The Labute approximate surface area is 165 Å². The maximum Gasteiger partial charge on any atom is 0.337 e. The number of rotatable bonds is 6. The van der Waals surface area contributed by atoms with E-state index in [-0.39, 0.29) is 18.5 Å². The van der Waals surface area contributed by atoms with Crippen LogP contribution in [-0.4, -0.2) is 25.6 Å². The zero-order chi connectivity index (χ0) is 19.2. The van der Waals surface area contributed by atoms with E-state index < -0.39 is 0 Å². The van der Waals surface area contributed by atoms with Gasteiger partial charge in [-0.1, -0.05) is 40.2 Å². The summed E-state index contributed by atoms with van der Waals surface area (Å²) in [5.74, 6) is 0.0343. The van der Waals surface area contributed by atoms with Gasteiger partial charge in [0.15, 0.2) is 6.61 Å². The Morgan fingerprint density at radius 3 is 2.41 bits per heavy atom. The van der Waals surface area contributed by atoms with Gasteiger partial charge in [0.1, 0.15) is 5.75 Å². The molecule has 0 aromatic heterocycles. The van der Waals surface area contributed by atoms with Crippen molar-refractivity contribution >= 4 is 38.6 Å². The fraction of sp³-hybridized carbons (Fsp3) is 0.143. The highest BCUT2D eigenvalue weighted by Gasteiger charge is 2.06. The van der Waals surface area contributed by atoms with Crippen molar-refractivity contribution < 1.29 is 19.1 Å². The first-order valence-corrected chi connectivity index (χ1v) is 9.10. The van der Waals surface area contributed by atoms with Crippen LogP contribution in [0.3, 0.4) is 0 Å². The molecule has 0 unspecified atom stereocenters. The highest BCUT2D eigenvalue weighted by atomic mass is 79.9. The molecule has 6 heteroatoms. The molecule has 0 spiro atoms. The second-order valence-corrected chi connectivity index (χ2v) is 6.82. The van der Waals surface area contributed by atoms with Crippen LogP contribution in [0.25, 0.3) is 10.8 Å². The Morgan fingerprint density at radius 2 is 1.67 bits per heavy atom. The molecule has 27 heavy (non-hydrogen) atoms. The molecule has 0 radical (unpaired) electrons. The van der Waals surface area contributed by atoms with E-state index in [9.17, 15) is 9.59 Å². The minimum absolute atomic E-state index is 0.0672. The zero-order valence-electron chi connectivity index (χ0n) is 14.7. The maximum atomic E-state index is 12.0. The molecule has 5 nitrogen and oxygen atoms in total. The summed E-state index contributed by atoms with van der Waals surface area (Å²) in [4.78, 5) is 23.4. The first-order valence-electron chi connectivity index (χ1n) is 8.31. The van der Waals surface area contributed by atoms with Crippen LogP contribution in [0, 0.1) is 0 Å². The van der Waals surface area contributed by atoms with E-state index in [0.29, 0.717) is 17.9 Å². The molecule has 0 aliphatic rings. The summed E-state index contributed by atoms with van der Waals surface area (Å²) in [7, 11) is 1.34. The van der Waals surface area contributed by atoms with E-state index in [1.807, 2.05) is 36.4 Å². The van der Waals surface area contributed by atoms with Gasteiger partial charge in [-0.15, -0.1) is 0 Å². The van der Waals surface area contributed by atoms with Crippen molar-refractivity contribution in [2.45, 2.75) is 6.54 Å². The van der Waals surface area contributed by atoms with Crippen molar-refractivity contribution in [2.24, 2.45) is 0 Å². The maximum absolute atomic E-state index is 12.0. The summed E-state index contributed by atoms with van der Waals surface area (Å²) in [5.41, 5.74) is 1.35. The molecule has 0 aliphatic heterocycles. The van der Waals surface area contributed by atoms with Crippen molar-refractivity contribution in [1.82, 2.24) is 5.32 Å². The van der Waals surface area contributed by atoms with Gasteiger partial charge in [-0.3, -0.25) is 4.79 Å². The average molecular weight is 428 g/mol. The number of esters is 1. The predicted molar refractivity (Wildman–Crippen MR) is 107 cm³/mol. The van der Waals surface area contributed by atoms with Gasteiger partial charge in [0.2, 0.25) is 0 Å². The third-order valence-corrected chi connectivity index (χ3v) is 4.50. The van der Waals surface area contributed by atoms with Gasteiger partial charge in [0, 0.05) is 11.0 Å². The molecule has 0 atom stereocenters. The molecule has 1 amide bonds. The highest BCUT2D eigenvalue weighted by Crippen LogP contribution is 2.24. The number of ether oxygens (including phenoxy) is 2. The number of methoxy groups -OCH3 is 1. The number of carbonyl (C=O) groups excluding carboxylic acids is 2. The van der Waals surface area contributed by atoms with E-state index in [0.717, 1.165) is 20.8 Å².